The number of nitrogens with zero attached hydrogens (tertiary/aromatic N) is 4. The summed E-state index contributed by atoms with van der Waals surface area (Å²) in [5.41, 5.74) is 4.77. The number of amides is 1. The van der Waals surface area contributed by atoms with Crippen molar-refractivity contribution in [2.75, 3.05) is 18.2 Å². The topological polar surface area (TPSA) is 98.5 Å². The molecule has 0 aliphatic rings. The third-order valence-electron chi connectivity index (χ3n) is 5.16. The van der Waals surface area contributed by atoms with Gasteiger partial charge in [-0.25, -0.2) is 9.78 Å². The molecule has 0 saturated heterocycles. The van der Waals surface area contributed by atoms with Crippen LogP contribution in [-0.2, 0) is 9.53 Å². The second kappa shape index (κ2) is 9.24. The summed E-state index contributed by atoms with van der Waals surface area (Å²) in [6, 6.07) is 17.5. The Hall–Kier alpha value is -3.76. The van der Waals surface area contributed by atoms with Gasteiger partial charge in [0.15, 0.2) is 11.5 Å². The predicted molar refractivity (Wildman–Crippen MR) is 133 cm³/mol. The highest BCUT2D eigenvalue weighted by Crippen LogP contribution is 2.30. The summed E-state index contributed by atoms with van der Waals surface area (Å²) in [5.74, 6) is 0.0493. The Bertz CT molecular complexity index is 1530. The molecule has 5 aromatic rings. The number of ether oxygens (including phenoxy) is 1. The minimum Gasteiger partial charge on any atom is -0.465 e. The van der Waals surface area contributed by atoms with E-state index in [0.29, 0.717) is 27.1 Å². The summed E-state index contributed by atoms with van der Waals surface area (Å²) in [4.78, 5) is 29.6. The van der Waals surface area contributed by atoms with Crippen molar-refractivity contribution < 1.29 is 14.3 Å². The monoisotopic (exact) mass is 489 g/mol. The standard InChI is InChI=1S/C24H19N5O3S2/c1-14-7-9-15(10-8-14)21-27-28-22-23(26-16-5-3-4-6-18(16)29(21)22)34-13-19(30)25-17-11-12-33-20(17)24(31)32-2/h3-12H,13H2,1-2H3,(H,25,30). The number of hydrogen-bond donors (Lipinski definition) is 1. The number of fused-ring (bicyclic) bond motifs is 3. The molecule has 0 saturated carbocycles. The Balaban J connectivity index is 1.47. The third kappa shape index (κ3) is 4.13. The maximum atomic E-state index is 12.7. The average molecular weight is 490 g/mol. The second-order valence-electron chi connectivity index (χ2n) is 7.45. The molecule has 3 heterocycles. The van der Waals surface area contributed by atoms with Gasteiger partial charge in [-0.2, -0.15) is 0 Å². The predicted octanol–water partition coefficient (Wildman–Crippen LogP) is 4.83. The van der Waals surface area contributed by atoms with Gasteiger partial charge < -0.3 is 10.1 Å². The molecule has 2 aromatic carbocycles. The molecule has 0 spiro atoms. The van der Waals surface area contributed by atoms with Gasteiger partial charge in [-0.15, -0.1) is 21.5 Å². The van der Waals surface area contributed by atoms with E-state index in [9.17, 15) is 9.59 Å². The molecule has 0 bridgehead atoms. The Labute approximate surface area is 203 Å². The van der Waals surface area contributed by atoms with Crippen LogP contribution in [-0.4, -0.2) is 44.3 Å². The van der Waals surface area contributed by atoms with Crippen molar-refractivity contribution >= 4 is 57.3 Å². The number of anilines is 1. The van der Waals surface area contributed by atoms with Crippen molar-refractivity contribution in [3.8, 4) is 11.4 Å². The van der Waals surface area contributed by atoms with Gasteiger partial charge in [-0.1, -0.05) is 53.7 Å². The molecule has 10 heteroatoms. The minimum absolute atomic E-state index is 0.0875. The van der Waals surface area contributed by atoms with Gasteiger partial charge in [0.2, 0.25) is 5.91 Å². The molecule has 0 unspecified atom stereocenters. The van der Waals surface area contributed by atoms with Crippen LogP contribution in [0.15, 0.2) is 65.0 Å². The van der Waals surface area contributed by atoms with Gasteiger partial charge in [-0.3, -0.25) is 9.20 Å². The van der Waals surface area contributed by atoms with Crippen molar-refractivity contribution in [3.63, 3.8) is 0 Å². The zero-order valence-electron chi connectivity index (χ0n) is 18.3. The zero-order valence-corrected chi connectivity index (χ0v) is 19.9. The lowest BCUT2D eigenvalue weighted by atomic mass is 10.1. The van der Waals surface area contributed by atoms with Crippen LogP contribution in [0.3, 0.4) is 0 Å². The zero-order chi connectivity index (χ0) is 23.7. The molecule has 34 heavy (non-hydrogen) atoms. The van der Waals surface area contributed by atoms with Crippen LogP contribution in [0.5, 0.6) is 0 Å². The fourth-order valence-corrected chi connectivity index (χ4v) is 5.05. The lowest BCUT2D eigenvalue weighted by molar-refractivity contribution is -0.113. The minimum atomic E-state index is -0.483. The van der Waals surface area contributed by atoms with Gasteiger partial charge in [0, 0.05) is 5.56 Å². The highest BCUT2D eigenvalue weighted by Gasteiger charge is 2.19. The van der Waals surface area contributed by atoms with Crippen LogP contribution in [0.25, 0.3) is 28.1 Å². The number of thiophene rings is 1. The number of para-hydroxylation sites is 2. The van der Waals surface area contributed by atoms with Gasteiger partial charge in [0.25, 0.3) is 0 Å². The lowest BCUT2D eigenvalue weighted by Crippen LogP contribution is -2.16. The maximum Gasteiger partial charge on any atom is 0.350 e. The molecule has 0 fully saturated rings. The molecule has 3 aromatic heterocycles. The van der Waals surface area contributed by atoms with Crippen LogP contribution in [0.2, 0.25) is 0 Å². The molecule has 170 valence electrons. The highest BCUT2D eigenvalue weighted by molar-refractivity contribution is 8.00. The third-order valence-corrected chi connectivity index (χ3v) is 7.01. The first-order chi connectivity index (χ1) is 16.5. The number of aromatic nitrogens is 4. The molecule has 0 radical (unpaired) electrons. The number of carbonyl (C=O) groups is 2. The van der Waals surface area contributed by atoms with E-state index in [1.54, 1.807) is 11.4 Å². The van der Waals surface area contributed by atoms with Crippen LogP contribution >= 0.6 is 23.1 Å². The molecule has 0 aliphatic heterocycles. The first-order valence-electron chi connectivity index (χ1n) is 10.3. The normalized spacial score (nSPS) is 11.1. The summed E-state index contributed by atoms with van der Waals surface area (Å²) >= 11 is 2.48. The number of esters is 1. The van der Waals surface area contributed by atoms with Crippen molar-refractivity contribution in [2.45, 2.75) is 11.9 Å². The smallest absolute Gasteiger partial charge is 0.350 e. The fourth-order valence-electron chi connectivity index (χ4n) is 3.52. The SMILES string of the molecule is COC(=O)c1sccc1NC(=O)CSc1nc2ccccc2n2c(-c3ccc(C)cc3)nnc12. The molecule has 5 rings (SSSR count). The lowest BCUT2D eigenvalue weighted by Gasteiger charge is -2.09. The number of hydrogen-bond acceptors (Lipinski definition) is 8. The Morgan fingerprint density at radius 3 is 2.68 bits per heavy atom. The van der Waals surface area contributed by atoms with E-state index in [-0.39, 0.29) is 11.7 Å². The van der Waals surface area contributed by atoms with E-state index in [0.717, 1.165) is 22.2 Å². The Morgan fingerprint density at radius 1 is 1.09 bits per heavy atom. The number of methoxy groups -OCH3 is 1. The van der Waals surface area contributed by atoms with Gasteiger partial charge in [0.1, 0.15) is 9.90 Å². The molecule has 1 amide bonds. The summed E-state index contributed by atoms with van der Waals surface area (Å²) in [6.45, 7) is 2.04. The van der Waals surface area contributed by atoms with E-state index in [4.69, 9.17) is 9.72 Å². The van der Waals surface area contributed by atoms with E-state index in [1.165, 1.54) is 30.2 Å². The number of aryl methyl sites for hydroxylation is 1. The van der Waals surface area contributed by atoms with Crippen LogP contribution in [0.1, 0.15) is 15.2 Å². The van der Waals surface area contributed by atoms with Gasteiger partial charge in [-0.05, 0) is 30.5 Å². The quantitative estimate of drug-likeness (QED) is 0.269. The van der Waals surface area contributed by atoms with Gasteiger partial charge >= 0.3 is 5.97 Å². The van der Waals surface area contributed by atoms with Crippen molar-refractivity contribution in [3.05, 3.63) is 70.4 Å². The number of rotatable bonds is 6. The summed E-state index contributed by atoms with van der Waals surface area (Å²) < 4.78 is 6.74. The number of benzene rings is 2. The summed E-state index contributed by atoms with van der Waals surface area (Å²) in [5, 5.41) is 14.0. The largest absolute Gasteiger partial charge is 0.465 e. The first-order valence-corrected chi connectivity index (χ1v) is 12.2. The highest BCUT2D eigenvalue weighted by atomic mass is 32.2. The number of nitrogens with one attached hydrogen (secondary N) is 1. The van der Waals surface area contributed by atoms with E-state index in [2.05, 4.69) is 15.5 Å². The molecule has 1 N–H and O–H groups in total. The average Bonchev–Trinajstić information content (AvgIpc) is 3.50. The number of carbonyl (C=O) groups excluding carboxylic acids is 2. The van der Waals surface area contributed by atoms with Crippen molar-refractivity contribution in [2.24, 2.45) is 0 Å². The van der Waals surface area contributed by atoms with Crippen molar-refractivity contribution in [1.29, 1.82) is 0 Å². The van der Waals surface area contributed by atoms with Crippen LogP contribution in [0, 0.1) is 6.92 Å². The number of thioether (sulfide) groups is 1. The Kier molecular flexibility index (Phi) is 5.99. The fraction of sp³-hybridized carbons (Fsp3) is 0.125. The van der Waals surface area contributed by atoms with Crippen molar-refractivity contribution in [1.82, 2.24) is 19.6 Å². The molecular weight excluding hydrogens is 470 g/mol. The van der Waals surface area contributed by atoms with E-state index in [1.807, 2.05) is 59.9 Å². The first kappa shape index (κ1) is 22.1. The summed E-state index contributed by atoms with van der Waals surface area (Å²) in [6.07, 6.45) is 0. The Morgan fingerprint density at radius 2 is 1.88 bits per heavy atom. The molecule has 0 aliphatic carbocycles. The van der Waals surface area contributed by atoms with E-state index < -0.39 is 5.97 Å². The van der Waals surface area contributed by atoms with E-state index >= 15 is 0 Å². The molecular formula is C24H19N5O3S2. The molecule has 8 nitrogen and oxygen atoms in total. The summed E-state index contributed by atoms with van der Waals surface area (Å²) in [7, 11) is 1.31. The van der Waals surface area contributed by atoms with Crippen LogP contribution in [0.4, 0.5) is 5.69 Å². The van der Waals surface area contributed by atoms with Gasteiger partial charge in [0.05, 0.1) is 29.6 Å². The maximum absolute atomic E-state index is 12.7. The molecule has 0 atom stereocenters. The second-order valence-corrected chi connectivity index (χ2v) is 9.33. The van der Waals surface area contributed by atoms with Crippen LogP contribution < -0.4 is 5.32 Å².